The van der Waals surface area contributed by atoms with Gasteiger partial charge >= 0.3 is 0 Å². The Hall–Kier alpha value is -2.18. The molecule has 0 aliphatic carbocycles. The standard InChI is InChI=1S/C18H23ClN4O2/c1-24-16-7-6-13(11-14(16)19)22-18(20)21-12-15(17-5-4-10-25-17)23-8-2-3-9-23/h4-7,10-11,15H,2-3,8-9,12H2,1H3,(H3,20,21,22). The van der Waals surface area contributed by atoms with E-state index in [9.17, 15) is 0 Å². The van der Waals surface area contributed by atoms with Gasteiger partial charge in [0.2, 0.25) is 0 Å². The summed E-state index contributed by atoms with van der Waals surface area (Å²) in [6, 6.07) is 9.39. The lowest BCUT2D eigenvalue weighted by Gasteiger charge is -2.24. The van der Waals surface area contributed by atoms with Crippen LogP contribution in [0.4, 0.5) is 5.69 Å². The number of aliphatic imine (C=N–C) groups is 1. The number of likely N-dealkylation sites (tertiary alicyclic amines) is 1. The fourth-order valence-electron chi connectivity index (χ4n) is 3.04. The van der Waals surface area contributed by atoms with Gasteiger partial charge in [-0.1, -0.05) is 11.6 Å². The van der Waals surface area contributed by atoms with E-state index >= 15 is 0 Å². The molecule has 1 unspecified atom stereocenters. The summed E-state index contributed by atoms with van der Waals surface area (Å²) in [4.78, 5) is 6.89. The molecule has 0 radical (unpaired) electrons. The molecular formula is C18H23ClN4O2. The molecule has 3 rings (SSSR count). The molecule has 1 aromatic heterocycles. The number of anilines is 1. The van der Waals surface area contributed by atoms with Crippen molar-refractivity contribution in [3.63, 3.8) is 0 Å². The van der Waals surface area contributed by atoms with E-state index < -0.39 is 0 Å². The van der Waals surface area contributed by atoms with Gasteiger partial charge in [-0.3, -0.25) is 9.89 Å². The molecule has 1 fully saturated rings. The molecule has 0 saturated carbocycles. The minimum Gasteiger partial charge on any atom is -0.495 e. The topological polar surface area (TPSA) is 76.0 Å². The third-order valence-corrected chi connectivity index (χ3v) is 4.61. The first-order valence-corrected chi connectivity index (χ1v) is 8.73. The number of methoxy groups -OCH3 is 1. The molecule has 6 nitrogen and oxygen atoms in total. The van der Waals surface area contributed by atoms with Crippen molar-refractivity contribution < 1.29 is 9.15 Å². The largest absolute Gasteiger partial charge is 0.495 e. The molecule has 1 aliphatic heterocycles. The molecule has 1 saturated heterocycles. The zero-order valence-electron chi connectivity index (χ0n) is 14.2. The fraction of sp³-hybridized carbons (Fsp3) is 0.389. The van der Waals surface area contributed by atoms with E-state index in [1.165, 1.54) is 12.8 Å². The number of halogens is 1. The van der Waals surface area contributed by atoms with Crippen LogP contribution < -0.4 is 15.8 Å². The molecule has 0 spiro atoms. The van der Waals surface area contributed by atoms with Crippen molar-refractivity contribution in [1.82, 2.24) is 4.90 Å². The van der Waals surface area contributed by atoms with E-state index in [0.717, 1.165) is 24.5 Å². The molecule has 1 aliphatic rings. The molecule has 7 heteroatoms. The third-order valence-electron chi connectivity index (χ3n) is 4.31. The lowest BCUT2D eigenvalue weighted by Crippen LogP contribution is -2.30. The van der Waals surface area contributed by atoms with Gasteiger partial charge in [-0.05, 0) is 56.3 Å². The predicted octanol–water partition coefficient (Wildman–Crippen LogP) is 3.51. The zero-order chi connectivity index (χ0) is 17.6. The molecule has 134 valence electrons. The van der Waals surface area contributed by atoms with Crippen LogP contribution in [0.3, 0.4) is 0 Å². The van der Waals surface area contributed by atoms with Gasteiger partial charge in [-0.2, -0.15) is 0 Å². The summed E-state index contributed by atoms with van der Waals surface area (Å²) < 4.78 is 10.7. The number of furan rings is 1. The second-order valence-corrected chi connectivity index (χ2v) is 6.38. The number of ether oxygens (including phenoxy) is 1. The number of benzene rings is 1. The summed E-state index contributed by atoms with van der Waals surface area (Å²) in [5.74, 6) is 1.89. The molecule has 1 aromatic carbocycles. The van der Waals surface area contributed by atoms with E-state index in [1.54, 1.807) is 25.5 Å². The first-order chi connectivity index (χ1) is 12.2. The minimum atomic E-state index is 0.109. The summed E-state index contributed by atoms with van der Waals surface area (Å²) in [6.07, 6.45) is 4.11. The highest BCUT2D eigenvalue weighted by atomic mass is 35.5. The van der Waals surface area contributed by atoms with E-state index in [0.29, 0.717) is 23.3 Å². The summed E-state index contributed by atoms with van der Waals surface area (Å²) >= 11 is 6.13. The van der Waals surface area contributed by atoms with Crippen LogP contribution in [0, 0.1) is 0 Å². The quantitative estimate of drug-likeness (QED) is 0.607. The molecule has 2 heterocycles. The predicted molar refractivity (Wildman–Crippen MR) is 100 cm³/mol. The Morgan fingerprint density at radius 1 is 1.40 bits per heavy atom. The Balaban J connectivity index is 1.67. The maximum atomic E-state index is 6.13. The number of nitrogens with one attached hydrogen (secondary N) is 1. The van der Waals surface area contributed by atoms with E-state index in [1.807, 2.05) is 18.2 Å². The molecule has 25 heavy (non-hydrogen) atoms. The Morgan fingerprint density at radius 3 is 2.84 bits per heavy atom. The van der Waals surface area contributed by atoms with Crippen LogP contribution in [-0.4, -0.2) is 37.6 Å². The van der Waals surface area contributed by atoms with Crippen LogP contribution in [0.1, 0.15) is 24.6 Å². The highest BCUT2D eigenvalue weighted by Crippen LogP contribution is 2.28. The van der Waals surface area contributed by atoms with Crippen molar-refractivity contribution in [2.45, 2.75) is 18.9 Å². The highest BCUT2D eigenvalue weighted by molar-refractivity contribution is 6.32. The van der Waals surface area contributed by atoms with Gasteiger partial charge in [-0.25, -0.2) is 0 Å². The van der Waals surface area contributed by atoms with Crippen LogP contribution in [0.15, 0.2) is 46.0 Å². The van der Waals surface area contributed by atoms with Gasteiger partial charge in [0, 0.05) is 5.69 Å². The van der Waals surface area contributed by atoms with Crippen molar-refractivity contribution in [3.05, 3.63) is 47.4 Å². The molecule has 3 N–H and O–H groups in total. The van der Waals surface area contributed by atoms with Gasteiger partial charge in [-0.15, -0.1) is 0 Å². The van der Waals surface area contributed by atoms with Crippen molar-refractivity contribution in [2.75, 3.05) is 32.1 Å². The lowest BCUT2D eigenvalue weighted by atomic mass is 10.2. The Morgan fingerprint density at radius 2 is 2.20 bits per heavy atom. The Bertz CT molecular complexity index is 712. The first-order valence-electron chi connectivity index (χ1n) is 8.35. The van der Waals surface area contributed by atoms with Crippen molar-refractivity contribution in [1.29, 1.82) is 0 Å². The normalized spacial score (nSPS) is 16.8. The van der Waals surface area contributed by atoms with Crippen LogP contribution in [-0.2, 0) is 0 Å². The average Bonchev–Trinajstić information content (AvgIpc) is 3.29. The van der Waals surface area contributed by atoms with Crippen LogP contribution in [0.25, 0.3) is 0 Å². The molecule has 1 atom stereocenters. The third kappa shape index (κ3) is 4.46. The minimum absolute atomic E-state index is 0.109. The maximum Gasteiger partial charge on any atom is 0.193 e. The summed E-state index contributed by atoms with van der Waals surface area (Å²) in [7, 11) is 1.58. The van der Waals surface area contributed by atoms with Gasteiger partial charge in [0.25, 0.3) is 0 Å². The van der Waals surface area contributed by atoms with Crippen LogP contribution >= 0.6 is 11.6 Å². The zero-order valence-corrected chi connectivity index (χ0v) is 15.0. The SMILES string of the molecule is COc1ccc(NC(N)=NCC(c2ccco2)N2CCCC2)cc1Cl. The average molecular weight is 363 g/mol. The second kappa shape index (κ2) is 8.27. The van der Waals surface area contributed by atoms with Gasteiger partial charge in [0.05, 0.1) is 31.0 Å². The number of nitrogens with zero attached hydrogens (tertiary/aromatic N) is 2. The second-order valence-electron chi connectivity index (χ2n) is 5.97. The molecule has 2 aromatic rings. The summed E-state index contributed by atoms with van der Waals surface area (Å²) in [5, 5.41) is 3.58. The van der Waals surface area contributed by atoms with E-state index in [-0.39, 0.29) is 6.04 Å². The number of hydrogen-bond acceptors (Lipinski definition) is 4. The van der Waals surface area contributed by atoms with Gasteiger partial charge in [0.1, 0.15) is 11.5 Å². The number of nitrogens with two attached hydrogens (primary N) is 1. The molecule has 0 amide bonds. The van der Waals surface area contributed by atoms with Crippen LogP contribution in [0.2, 0.25) is 5.02 Å². The number of rotatable bonds is 6. The number of hydrogen-bond donors (Lipinski definition) is 2. The van der Waals surface area contributed by atoms with E-state index in [2.05, 4.69) is 15.2 Å². The van der Waals surface area contributed by atoms with Crippen molar-refractivity contribution in [3.8, 4) is 5.75 Å². The molecular weight excluding hydrogens is 340 g/mol. The van der Waals surface area contributed by atoms with E-state index in [4.69, 9.17) is 26.5 Å². The highest BCUT2D eigenvalue weighted by Gasteiger charge is 2.25. The number of guanidine groups is 1. The monoisotopic (exact) mass is 362 g/mol. The van der Waals surface area contributed by atoms with Crippen molar-refractivity contribution in [2.24, 2.45) is 10.7 Å². The Labute approximate surface area is 152 Å². The first kappa shape index (κ1) is 17.6. The fourth-order valence-corrected chi connectivity index (χ4v) is 3.29. The van der Waals surface area contributed by atoms with Crippen LogP contribution in [0.5, 0.6) is 5.75 Å². The van der Waals surface area contributed by atoms with Crippen molar-refractivity contribution >= 4 is 23.2 Å². The van der Waals surface area contributed by atoms with Gasteiger partial charge < -0.3 is 20.2 Å². The maximum absolute atomic E-state index is 6.13. The van der Waals surface area contributed by atoms with Gasteiger partial charge in [0.15, 0.2) is 5.96 Å². The summed E-state index contributed by atoms with van der Waals surface area (Å²) in [6.45, 7) is 2.65. The lowest BCUT2D eigenvalue weighted by molar-refractivity contribution is 0.221. The molecule has 0 bridgehead atoms. The Kier molecular flexibility index (Phi) is 5.83. The summed E-state index contributed by atoms with van der Waals surface area (Å²) in [5.41, 5.74) is 6.81. The smallest absolute Gasteiger partial charge is 0.193 e.